The molecule has 1 aromatic rings. The lowest BCUT2D eigenvalue weighted by atomic mass is 9.99. The van der Waals surface area contributed by atoms with Crippen LogP contribution in [0.2, 0.25) is 5.02 Å². The summed E-state index contributed by atoms with van der Waals surface area (Å²) in [5, 5.41) is -0.410. The first kappa shape index (κ1) is 16.4. The average molecular weight is 293 g/mol. The van der Waals surface area contributed by atoms with E-state index in [4.69, 9.17) is 23.1 Å². The summed E-state index contributed by atoms with van der Waals surface area (Å²) in [6, 6.07) is 0.290. The molecular weight excluding hydrogens is 283 g/mol. The van der Waals surface area contributed by atoms with Crippen LogP contribution in [0.1, 0.15) is 17.2 Å². The van der Waals surface area contributed by atoms with E-state index in [9.17, 15) is 17.6 Å². The van der Waals surface area contributed by atoms with E-state index in [1.54, 1.807) is 0 Å². The Labute approximate surface area is 106 Å². The summed E-state index contributed by atoms with van der Waals surface area (Å²) < 4.78 is 51.1. The van der Waals surface area contributed by atoms with Crippen molar-refractivity contribution < 1.29 is 17.6 Å². The maximum Gasteiger partial charge on any atom is 0.416 e. The summed E-state index contributed by atoms with van der Waals surface area (Å²) in [7, 11) is 0. The summed E-state index contributed by atoms with van der Waals surface area (Å²) in [5.41, 5.74) is 8.63. The lowest BCUT2D eigenvalue weighted by Gasteiger charge is -2.18. The summed E-state index contributed by atoms with van der Waals surface area (Å²) in [4.78, 5) is 0. The van der Waals surface area contributed by atoms with Crippen LogP contribution in [0.3, 0.4) is 0 Å². The van der Waals surface area contributed by atoms with E-state index in [1.807, 2.05) is 0 Å². The predicted molar refractivity (Wildman–Crippen MR) is 59.6 cm³/mol. The van der Waals surface area contributed by atoms with Gasteiger partial charge in [-0.1, -0.05) is 11.6 Å². The molecule has 0 spiro atoms. The Kier molecular flexibility index (Phi) is 5.67. The molecule has 0 amide bonds. The number of benzene rings is 1. The Balaban J connectivity index is 0.00000256. The molecule has 1 atom stereocenters. The molecule has 2 nitrogen and oxygen atoms in total. The average Bonchev–Trinajstić information content (AvgIpc) is 2.19. The Morgan fingerprint density at radius 3 is 2.24 bits per heavy atom. The van der Waals surface area contributed by atoms with E-state index in [0.717, 1.165) is 6.07 Å². The van der Waals surface area contributed by atoms with Gasteiger partial charge in [-0.25, -0.2) is 4.39 Å². The molecule has 0 aliphatic heterocycles. The molecule has 0 aromatic heterocycles. The summed E-state index contributed by atoms with van der Waals surface area (Å²) in [5.74, 6) is -1.17. The van der Waals surface area contributed by atoms with Crippen LogP contribution in [-0.4, -0.2) is 6.54 Å². The molecule has 0 heterocycles. The molecule has 0 aliphatic rings. The number of hydrogen-bond acceptors (Lipinski definition) is 2. The maximum atomic E-state index is 13.5. The van der Waals surface area contributed by atoms with Crippen LogP contribution < -0.4 is 11.5 Å². The molecule has 0 fully saturated rings. The zero-order valence-corrected chi connectivity index (χ0v) is 9.96. The molecule has 17 heavy (non-hydrogen) atoms. The monoisotopic (exact) mass is 292 g/mol. The second-order valence-corrected chi connectivity index (χ2v) is 3.57. The van der Waals surface area contributed by atoms with Crippen LogP contribution in [0.25, 0.3) is 0 Å². The van der Waals surface area contributed by atoms with Gasteiger partial charge in [0, 0.05) is 18.2 Å². The van der Waals surface area contributed by atoms with E-state index in [2.05, 4.69) is 0 Å². The molecule has 1 aromatic carbocycles. The van der Waals surface area contributed by atoms with Crippen LogP contribution in [0.4, 0.5) is 17.6 Å². The normalized spacial score (nSPS) is 13.1. The third-order valence-corrected chi connectivity index (χ3v) is 2.35. The Hall–Kier alpha value is -0.560. The lowest BCUT2D eigenvalue weighted by molar-refractivity contribution is -0.138. The Morgan fingerprint density at radius 2 is 1.82 bits per heavy atom. The first-order chi connectivity index (χ1) is 7.29. The van der Waals surface area contributed by atoms with Gasteiger partial charge in [-0.05, 0) is 12.1 Å². The van der Waals surface area contributed by atoms with Gasteiger partial charge in [0.2, 0.25) is 0 Å². The minimum Gasteiger partial charge on any atom is -0.329 e. The first-order valence-corrected chi connectivity index (χ1v) is 4.67. The number of halogens is 6. The molecule has 0 aliphatic carbocycles. The van der Waals surface area contributed by atoms with Crippen molar-refractivity contribution in [2.45, 2.75) is 12.2 Å². The topological polar surface area (TPSA) is 52.0 Å². The zero-order valence-electron chi connectivity index (χ0n) is 8.39. The molecule has 0 saturated heterocycles. The quantitative estimate of drug-likeness (QED) is 0.824. The summed E-state index contributed by atoms with van der Waals surface area (Å²) in [6.07, 6.45) is -4.69. The first-order valence-electron chi connectivity index (χ1n) is 4.29. The highest BCUT2D eigenvalue weighted by atomic mass is 35.5. The maximum absolute atomic E-state index is 13.5. The minimum atomic E-state index is -4.69. The third kappa shape index (κ3) is 3.45. The van der Waals surface area contributed by atoms with Gasteiger partial charge in [0.25, 0.3) is 0 Å². The van der Waals surface area contributed by atoms with Crippen molar-refractivity contribution in [3.63, 3.8) is 0 Å². The smallest absolute Gasteiger partial charge is 0.329 e. The van der Waals surface area contributed by atoms with Gasteiger partial charge >= 0.3 is 6.18 Å². The second kappa shape index (κ2) is 5.86. The van der Waals surface area contributed by atoms with E-state index >= 15 is 0 Å². The Morgan fingerprint density at radius 1 is 1.29 bits per heavy atom. The second-order valence-electron chi connectivity index (χ2n) is 3.16. The van der Waals surface area contributed by atoms with Gasteiger partial charge in [0.05, 0.1) is 10.6 Å². The fraction of sp³-hybridized carbons (Fsp3) is 0.333. The Bertz CT molecular complexity index is 395. The predicted octanol–water partition coefficient (Wildman–Crippen LogP) is 2.88. The van der Waals surface area contributed by atoms with E-state index in [0.29, 0.717) is 6.07 Å². The van der Waals surface area contributed by atoms with Crippen LogP contribution in [0, 0.1) is 5.82 Å². The molecule has 98 valence electrons. The van der Waals surface area contributed by atoms with Gasteiger partial charge in [-0.15, -0.1) is 12.4 Å². The molecule has 0 unspecified atom stereocenters. The lowest BCUT2D eigenvalue weighted by Crippen LogP contribution is -2.25. The van der Waals surface area contributed by atoms with Crippen LogP contribution >= 0.6 is 24.0 Å². The highest BCUT2D eigenvalue weighted by molar-refractivity contribution is 6.30. The van der Waals surface area contributed by atoms with E-state index in [-0.39, 0.29) is 19.0 Å². The molecule has 8 heteroatoms. The molecule has 0 bridgehead atoms. The molecule has 0 saturated carbocycles. The van der Waals surface area contributed by atoms with Gasteiger partial charge in [0.1, 0.15) is 5.82 Å². The van der Waals surface area contributed by atoms with Crippen molar-refractivity contribution in [3.05, 3.63) is 34.1 Å². The SMILES string of the molecule is Cl.NC[C@H](N)c1c(C(F)(F)F)ccc(Cl)c1F. The minimum absolute atomic E-state index is 0. The number of hydrogen-bond donors (Lipinski definition) is 2. The molecule has 1 rings (SSSR count). The highest BCUT2D eigenvalue weighted by Gasteiger charge is 2.36. The fourth-order valence-corrected chi connectivity index (χ4v) is 1.46. The summed E-state index contributed by atoms with van der Waals surface area (Å²) >= 11 is 5.40. The van der Waals surface area contributed by atoms with Gasteiger partial charge in [0.15, 0.2) is 0 Å². The van der Waals surface area contributed by atoms with Crippen molar-refractivity contribution in [3.8, 4) is 0 Å². The largest absolute Gasteiger partial charge is 0.416 e. The van der Waals surface area contributed by atoms with Crippen LogP contribution in [-0.2, 0) is 6.18 Å². The van der Waals surface area contributed by atoms with Gasteiger partial charge in [-0.2, -0.15) is 13.2 Å². The fourth-order valence-electron chi connectivity index (χ4n) is 1.29. The van der Waals surface area contributed by atoms with Crippen molar-refractivity contribution in [2.24, 2.45) is 11.5 Å². The molecule has 4 N–H and O–H groups in total. The van der Waals surface area contributed by atoms with Crippen LogP contribution in [0.15, 0.2) is 12.1 Å². The highest BCUT2D eigenvalue weighted by Crippen LogP contribution is 2.37. The van der Waals surface area contributed by atoms with Gasteiger partial charge in [-0.3, -0.25) is 0 Å². The number of alkyl halides is 3. The third-order valence-electron chi connectivity index (χ3n) is 2.06. The standard InChI is InChI=1S/C9H9ClF4N2.ClH/c10-5-2-1-4(9(12,13)14)7(8(5)11)6(16)3-15;/h1-2,6H,3,15-16H2;1H/t6-;/m0./s1. The molecular formula is C9H10Cl2F4N2. The van der Waals surface area contributed by atoms with Crippen molar-refractivity contribution >= 4 is 24.0 Å². The van der Waals surface area contributed by atoms with Gasteiger partial charge < -0.3 is 11.5 Å². The van der Waals surface area contributed by atoms with Crippen molar-refractivity contribution in [2.75, 3.05) is 6.54 Å². The number of nitrogens with two attached hydrogens (primary N) is 2. The van der Waals surface area contributed by atoms with Crippen molar-refractivity contribution in [1.82, 2.24) is 0 Å². The van der Waals surface area contributed by atoms with E-state index < -0.39 is 34.2 Å². The van der Waals surface area contributed by atoms with E-state index in [1.165, 1.54) is 0 Å². The number of rotatable bonds is 2. The summed E-state index contributed by atoms with van der Waals surface area (Å²) in [6.45, 7) is -0.305. The molecule has 0 radical (unpaired) electrons. The van der Waals surface area contributed by atoms with Crippen molar-refractivity contribution in [1.29, 1.82) is 0 Å². The zero-order chi connectivity index (χ0) is 12.5. The van der Waals surface area contributed by atoms with Crippen LogP contribution in [0.5, 0.6) is 0 Å².